The molecule has 1 N–H and O–H groups in total. The number of benzene rings is 1. The highest BCUT2D eigenvalue weighted by Gasteiger charge is 2.46. The van der Waals surface area contributed by atoms with E-state index in [1.165, 1.54) is 13.2 Å². The van der Waals surface area contributed by atoms with E-state index < -0.39 is 36.0 Å². The van der Waals surface area contributed by atoms with Crippen LogP contribution in [0.3, 0.4) is 0 Å². The van der Waals surface area contributed by atoms with Gasteiger partial charge in [-0.3, -0.25) is 9.59 Å². The molecule has 0 radical (unpaired) electrons. The topological polar surface area (TPSA) is 102 Å². The summed E-state index contributed by atoms with van der Waals surface area (Å²) in [6.07, 6.45) is 5.17. The van der Waals surface area contributed by atoms with Crippen LogP contribution in [-0.2, 0) is 30.2 Å². The van der Waals surface area contributed by atoms with Crippen LogP contribution in [0.1, 0.15) is 31.2 Å². The molecule has 3 atom stereocenters. The van der Waals surface area contributed by atoms with Gasteiger partial charge in [0.2, 0.25) is 0 Å². The summed E-state index contributed by atoms with van der Waals surface area (Å²) < 4.78 is 16.3. The molecule has 2 amide bonds. The minimum atomic E-state index is -1.28. The minimum Gasteiger partial charge on any atom is -0.479 e. The quantitative estimate of drug-likeness (QED) is 0.555. The maximum absolute atomic E-state index is 13.3. The Morgan fingerprint density at radius 2 is 2.00 bits per heavy atom. The smallest absolute Gasteiger partial charge is 0.417 e. The lowest BCUT2D eigenvalue weighted by Crippen LogP contribution is -2.53. The molecule has 0 saturated carbocycles. The number of carbonyl (C=O) groups excluding carboxylic acids is 3. The van der Waals surface area contributed by atoms with Crippen molar-refractivity contribution < 1.29 is 33.7 Å². The van der Waals surface area contributed by atoms with E-state index >= 15 is 0 Å². The highest BCUT2D eigenvalue weighted by atomic mass is 16.6. The Morgan fingerprint density at radius 1 is 1.22 bits per heavy atom. The molecule has 3 unspecified atom stereocenters. The van der Waals surface area contributed by atoms with Crippen LogP contribution >= 0.6 is 0 Å². The molecule has 3 rings (SSSR count). The van der Waals surface area contributed by atoms with Crippen LogP contribution in [0.2, 0.25) is 0 Å². The summed E-state index contributed by atoms with van der Waals surface area (Å²) in [5.41, 5.74) is 0.960. The number of aliphatic hydroxyl groups excluding tert-OH is 1. The summed E-state index contributed by atoms with van der Waals surface area (Å²) in [6, 6.07) is 8.99. The van der Waals surface area contributed by atoms with E-state index in [-0.39, 0.29) is 13.2 Å². The van der Waals surface area contributed by atoms with Gasteiger partial charge in [0.05, 0.1) is 6.04 Å². The van der Waals surface area contributed by atoms with E-state index in [4.69, 9.17) is 19.3 Å². The molecule has 2 aliphatic rings. The average molecular weight is 443 g/mol. The van der Waals surface area contributed by atoms with Gasteiger partial charge in [-0.25, -0.2) is 9.69 Å². The number of ether oxygens (including phenoxy) is 3. The van der Waals surface area contributed by atoms with E-state index in [2.05, 4.69) is 0 Å². The molecule has 0 bridgehead atoms. The molecular formula is C24H29NO7. The number of imide groups is 1. The van der Waals surface area contributed by atoms with Gasteiger partial charge in [-0.05, 0) is 49.5 Å². The fraction of sp³-hybridized carbons (Fsp3) is 0.458. The molecule has 0 aliphatic carbocycles. The van der Waals surface area contributed by atoms with E-state index in [9.17, 15) is 14.4 Å². The monoisotopic (exact) mass is 443 g/mol. The van der Waals surface area contributed by atoms with Crippen LogP contribution < -0.4 is 0 Å². The van der Waals surface area contributed by atoms with Crippen LogP contribution in [0.4, 0.5) is 4.79 Å². The zero-order valence-electron chi connectivity index (χ0n) is 18.1. The Kier molecular flexibility index (Phi) is 8.58. The molecule has 2 aliphatic heterocycles. The third-order valence-corrected chi connectivity index (χ3v) is 5.45. The van der Waals surface area contributed by atoms with Crippen molar-refractivity contribution in [1.82, 2.24) is 4.90 Å². The SMILES string of the molecule is COC(C(=O)N1C(=O)OCC1Cc1ccccc1)C1OC(=CCCCCCO)C=CC1=O. The van der Waals surface area contributed by atoms with Crippen molar-refractivity contribution in [1.29, 1.82) is 0 Å². The van der Waals surface area contributed by atoms with Gasteiger partial charge in [0.25, 0.3) is 5.91 Å². The van der Waals surface area contributed by atoms with Crippen LogP contribution in [0.15, 0.2) is 54.3 Å². The van der Waals surface area contributed by atoms with Gasteiger partial charge in [0, 0.05) is 13.7 Å². The number of hydrogen-bond acceptors (Lipinski definition) is 7. The maximum atomic E-state index is 13.3. The third-order valence-electron chi connectivity index (χ3n) is 5.45. The Bertz CT molecular complexity index is 864. The number of amides is 2. The first-order chi connectivity index (χ1) is 15.5. The largest absolute Gasteiger partial charge is 0.479 e. The van der Waals surface area contributed by atoms with E-state index in [0.29, 0.717) is 18.6 Å². The molecule has 32 heavy (non-hydrogen) atoms. The summed E-state index contributed by atoms with van der Waals surface area (Å²) in [5, 5.41) is 8.86. The Labute approximate surface area is 187 Å². The average Bonchev–Trinajstić information content (AvgIpc) is 3.16. The van der Waals surface area contributed by atoms with Crippen LogP contribution in [0.25, 0.3) is 0 Å². The van der Waals surface area contributed by atoms with Crippen molar-refractivity contribution in [3.8, 4) is 0 Å². The Hall–Kier alpha value is -2.97. The van der Waals surface area contributed by atoms with Crippen LogP contribution in [0, 0.1) is 0 Å². The number of aliphatic hydroxyl groups is 1. The summed E-state index contributed by atoms with van der Waals surface area (Å²) in [4.78, 5) is 39.2. The first-order valence-corrected chi connectivity index (χ1v) is 10.8. The van der Waals surface area contributed by atoms with Crippen LogP contribution in [0.5, 0.6) is 0 Å². The van der Waals surface area contributed by atoms with Crippen molar-refractivity contribution in [3.63, 3.8) is 0 Å². The third kappa shape index (κ3) is 5.83. The lowest BCUT2D eigenvalue weighted by molar-refractivity contribution is -0.153. The van der Waals surface area contributed by atoms with Crippen molar-refractivity contribution in [3.05, 3.63) is 59.9 Å². The lowest BCUT2D eigenvalue weighted by atomic mass is 10.0. The maximum Gasteiger partial charge on any atom is 0.417 e. The second-order valence-electron chi connectivity index (χ2n) is 7.74. The van der Waals surface area contributed by atoms with Crippen molar-refractivity contribution in [2.75, 3.05) is 20.3 Å². The van der Waals surface area contributed by atoms with E-state index in [1.807, 2.05) is 36.4 Å². The van der Waals surface area contributed by atoms with E-state index in [1.54, 1.807) is 6.08 Å². The van der Waals surface area contributed by atoms with Crippen molar-refractivity contribution >= 4 is 17.8 Å². The number of cyclic esters (lactones) is 1. The first kappa shape index (κ1) is 23.7. The van der Waals surface area contributed by atoms with E-state index in [0.717, 1.165) is 29.7 Å². The highest BCUT2D eigenvalue weighted by molar-refractivity contribution is 6.03. The summed E-state index contributed by atoms with van der Waals surface area (Å²) in [5.74, 6) is -0.597. The zero-order chi connectivity index (χ0) is 22.9. The number of nitrogens with zero attached hydrogens (tertiary/aromatic N) is 1. The molecule has 1 aromatic carbocycles. The minimum absolute atomic E-state index is 0.0776. The molecule has 172 valence electrons. The molecule has 8 nitrogen and oxygen atoms in total. The van der Waals surface area contributed by atoms with Crippen LogP contribution in [-0.4, -0.2) is 66.4 Å². The number of methoxy groups -OCH3 is 1. The summed E-state index contributed by atoms with van der Waals surface area (Å²) >= 11 is 0. The zero-order valence-corrected chi connectivity index (χ0v) is 18.1. The number of unbranched alkanes of at least 4 members (excludes halogenated alkanes) is 3. The highest BCUT2D eigenvalue weighted by Crippen LogP contribution is 2.24. The first-order valence-electron chi connectivity index (χ1n) is 10.8. The summed E-state index contributed by atoms with van der Waals surface area (Å²) in [6.45, 7) is 0.236. The molecule has 1 saturated heterocycles. The molecule has 2 heterocycles. The predicted octanol–water partition coefficient (Wildman–Crippen LogP) is 2.55. The normalized spacial score (nSPS) is 22.7. The van der Waals surface area contributed by atoms with Gasteiger partial charge < -0.3 is 19.3 Å². The van der Waals surface area contributed by atoms with Gasteiger partial charge in [-0.1, -0.05) is 36.8 Å². The van der Waals surface area contributed by atoms with Crippen molar-refractivity contribution in [2.24, 2.45) is 0 Å². The number of ketones is 1. The summed E-state index contributed by atoms with van der Waals surface area (Å²) in [7, 11) is 1.31. The molecule has 0 spiro atoms. The fourth-order valence-electron chi connectivity index (χ4n) is 3.77. The van der Waals surface area contributed by atoms with Gasteiger partial charge in [-0.2, -0.15) is 0 Å². The number of hydrogen-bond donors (Lipinski definition) is 1. The predicted molar refractivity (Wildman–Crippen MR) is 116 cm³/mol. The van der Waals surface area contributed by atoms with Crippen molar-refractivity contribution in [2.45, 2.75) is 50.4 Å². The van der Waals surface area contributed by atoms with Gasteiger partial charge >= 0.3 is 6.09 Å². The molecular weight excluding hydrogens is 414 g/mol. The second-order valence-corrected chi connectivity index (χ2v) is 7.74. The Balaban J connectivity index is 1.70. The Morgan fingerprint density at radius 3 is 2.72 bits per heavy atom. The fourth-order valence-corrected chi connectivity index (χ4v) is 3.77. The lowest BCUT2D eigenvalue weighted by Gasteiger charge is -2.30. The van der Waals surface area contributed by atoms with Gasteiger partial charge in [0.1, 0.15) is 12.4 Å². The number of carbonyl (C=O) groups is 3. The molecule has 8 heteroatoms. The molecule has 1 aromatic rings. The van der Waals surface area contributed by atoms with Gasteiger partial charge in [-0.15, -0.1) is 0 Å². The standard InChI is InChI=1S/C24H29NO7/c1-30-22(21-20(27)13-12-19(32-21)11-7-2-3-8-14-26)23(28)25-18(16-31-24(25)29)15-17-9-5-4-6-10-17/h4-6,9-13,18,21-22,26H,2-3,7-8,14-16H2,1H3. The van der Waals surface area contributed by atoms with Gasteiger partial charge in [0.15, 0.2) is 18.0 Å². The number of allylic oxidation sites excluding steroid dienone is 2. The molecule has 0 aromatic heterocycles. The second kappa shape index (κ2) is 11.6. The molecule has 1 fully saturated rings. The number of rotatable bonds is 10.